The van der Waals surface area contributed by atoms with Crippen molar-refractivity contribution in [3.8, 4) is 0 Å². The molecule has 1 aromatic heterocycles. The second-order valence-electron chi connectivity index (χ2n) is 5.22. The first-order valence-electron chi connectivity index (χ1n) is 7.35. The predicted molar refractivity (Wildman–Crippen MR) is 84.5 cm³/mol. The molecule has 2 atom stereocenters. The number of thioether (sulfide) groups is 1. The van der Waals surface area contributed by atoms with Gasteiger partial charge in [-0.15, -0.1) is 0 Å². The van der Waals surface area contributed by atoms with Crippen molar-refractivity contribution in [2.24, 2.45) is 0 Å². The van der Waals surface area contributed by atoms with E-state index < -0.39 is 0 Å². The van der Waals surface area contributed by atoms with Crippen LogP contribution in [-0.2, 0) is 6.42 Å². The Hall–Kier alpha value is -0.740. The van der Waals surface area contributed by atoms with Gasteiger partial charge in [0.1, 0.15) is 5.82 Å². The zero-order valence-corrected chi connectivity index (χ0v) is 12.6. The van der Waals surface area contributed by atoms with Crippen molar-refractivity contribution in [2.45, 2.75) is 50.3 Å². The van der Waals surface area contributed by atoms with Gasteiger partial charge in [0.05, 0.1) is 0 Å². The van der Waals surface area contributed by atoms with E-state index in [-0.39, 0.29) is 0 Å². The van der Waals surface area contributed by atoms with Crippen LogP contribution in [0.3, 0.4) is 0 Å². The Balaban J connectivity index is 2.02. The largest absolute Gasteiger partial charge is 0.383 e. The van der Waals surface area contributed by atoms with Crippen molar-refractivity contribution in [1.29, 1.82) is 0 Å². The molecule has 1 aromatic rings. The molecule has 3 nitrogen and oxygen atoms in total. The summed E-state index contributed by atoms with van der Waals surface area (Å²) in [5.41, 5.74) is 7.16. The van der Waals surface area contributed by atoms with Gasteiger partial charge >= 0.3 is 0 Å². The smallest absolute Gasteiger partial charge is 0.126 e. The first-order chi connectivity index (χ1) is 9.31. The molecule has 4 heteroatoms. The summed E-state index contributed by atoms with van der Waals surface area (Å²) in [7, 11) is 0. The van der Waals surface area contributed by atoms with Crippen LogP contribution < -0.4 is 11.1 Å². The van der Waals surface area contributed by atoms with Gasteiger partial charge < -0.3 is 11.1 Å². The molecule has 2 heterocycles. The molecule has 0 saturated carbocycles. The predicted octanol–water partition coefficient (Wildman–Crippen LogP) is 2.86. The molecule has 0 spiro atoms. The molecule has 106 valence electrons. The monoisotopic (exact) mass is 279 g/mol. The van der Waals surface area contributed by atoms with E-state index in [9.17, 15) is 0 Å². The van der Waals surface area contributed by atoms with E-state index in [1.165, 1.54) is 37.0 Å². The van der Waals surface area contributed by atoms with Gasteiger partial charge in [-0.05, 0) is 49.6 Å². The average Bonchev–Trinajstić information content (AvgIpc) is 2.46. The molecule has 1 fully saturated rings. The maximum absolute atomic E-state index is 5.98. The highest BCUT2D eigenvalue weighted by Crippen LogP contribution is 2.29. The minimum absolute atomic E-state index is 0.525. The zero-order chi connectivity index (χ0) is 13.5. The summed E-state index contributed by atoms with van der Waals surface area (Å²) in [6.45, 7) is 3.30. The van der Waals surface area contributed by atoms with Gasteiger partial charge in [-0.1, -0.05) is 19.4 Å². The van der Waals surface area contributed by atoms with Crippen molar-refractivity contribution in [2.75, 3.05) is 18.0 Å². The van der Waals surface area contributed by atoms with Crippen LogP contribution >= 0.6 is 11.8 Å². The average molecular weight is 279 g/mol. The third-order valence-electron chi connectivity index (χ3n) is 3.69. The number of rotatable bonds is 6. The van der Waals surface area contributed by atoms with E-state index in [0.717, 1.165) is 18.2 Å². The van der Waals surface area contributed by atoms with Gasteiger partial charge in [-0.2, -0.15) is 11.8 Å². The quantitative estimate of drug-likeness (QED) is 0.841. The molecule has 3 N–H and O–H groups in total. The molecule has 2 unspecified atom stereocenters. The summed E-state index contributed by atoms with van der Waals surface area (Å²) < 4.78 is 0. The van der Waals surface area contributed by atoms with Gasteiger partial charge in [0, 0.05) is 17.5 Å². The van der Waals surface area contributed by atoms with E-state index >= 15 is 0 Å². The van der Waals surface area contributed by atoms with E-state index in [1.54, 1.807) is 6.20 Å². The number of anilines is 1. The number of nitrogens with two attached hydrogens (primary N) is 1. The highest BCUT2D eigenvalue weighted by atomic mass is 32.2. The molecule has 0 aliphatic carbocycles. The van der Waals surface area contributed by atoms with Gasteiger partial charge in [-0.25, -0.2) is 4.98 Å². The summed E-state index contributed by atoms with van der Waals surface area (Å²) in [5, 5.41) is 4.43. The Morgan fingerprint density at radius 1 is 1.53 bits per heavy atom. The van der Waals surface area contributed by atoms with Crippen LogP contribution in [0.2, 0.25) is 0 Å². The number of hydrogen-bond acceptors (Lipinski definition) is 4. The molecular weight excluding hydrogens is 254 g/mol. The fraction of sp³-hybridized carbons (Fsp3) is 0.667. The SMILES string of the molecule is CCCNC(Cc1cccnc1N)C1CCCCS1. The van der Waals surface area contributed by atoms with Crippen LogP contribution in [0, 0.1) is 0 Å². The molecule has 1 aliphatic rings. The van der Waals surface area contributed by atoms with Crippen LogP contribution in [-0.4, -0.2) is 28.6 Å². The van der Waals surface area contributed by atoms with Crippen molar-refractivity contribution in [1.82, 2.24) is 10.3 Å². The number of nitrogens with one attached hydrogen (secondary N) is 1. The topological polar surface area (TPSA) is 50.9 Å². The highest BCUT2D eigenvalue weighted by molar-refractivity contribution is 8.00. The van der Waals surface area contributed by atoms with Crippen molar-refractivity contribution in [3.63, 3.8) is 0 Å². The number of hydrogen-bond donors (Lipinski definition) is 2. The summed E-state index contributed by atoms with van der Waals surface area (Å²) in [4.78, 5) is 4.20. The lowest BCUT2D eigenvalue weighted by Crippen LogP contribution is -2.41. The number of nitrogens with zero attached hydrogens (tertiary/aromatic N) is 1. The van der Waals surface area contributed by atoms with E-state index in [2.05, 4.69) is 35.1 Å². The van der Waals surface area contributed by atoms with Crippen LogP contribution in [0.5, 0.6) is 0 Å². The van der Waals surface area contributed by atoms with Crippen LogP contribution in [0.15, 0.2) is 18.3 Å². The Bertz CT molecular complexity index is 377. The third kappa shape index (κ3) is 4.39. The van der Waals surface area contributed by atoms with Crippen molar-refractivity contribution >= 4 is 17.6 Å². The lowest BCUT2D eigenvalue weighted by atomic mass is 9.99. The molecule has 0 radical (unpaired) electrons. The van der Waals surface area contributed by atoms with Gasteiger partial charge in [0.2, 0.25) is 0 Å². The number of pyridine rings is 1. The number of aromatic nitrogens is 1. The fourth-order valence-electron chi connectivity index (χ4n) is 2.61. The Morgan fingerprint density at radius 2 is 2.42 bits per heavy atom. The van der Waals surface area contributed by atoms with Gasteiger partial charge in [-0.3, -0.25) is 0 Å². The van der Waals surface area contributed by atoms with Crippen molar-refractivity contribution < 1.29 is 0 Å². The minimum Gasteiger partial charge on any atom is -0.383 e. The molecule has 0 bridgehead atoms. The minimum atomic E-state index is 0.525. The maximum atomic E-state index is 5.98. The molecule has 0 aromatic carbocycles. The highest BCUT2D eigenvalue weighted by Gasteiger charge is 2.24. The fourth-order valence-corrected chi connectivity index (χ4v) is 4.04. The van der Waals surface area contributed by atoms with Crippen LogP contribution in [0.1, 0.15) is 38.2 Å². The maximum Gasteiger partial charge on any atom is 0.126 e. The van der Waals surface area contributed by atoms with Gasteiger partial charge in [0.15, 0.2) is 0 Å². The second kappa shape index (κ2) is 7.75. The van der Waals surface area contributed by atoms with E-state index in [4.69, 9.17) is 5.73 Å². The molecule has 2 rings (SSSR count). The lowest BCUT2D eigenvalue weighted by molar-refractivity contribution is 0.461. The third-order valence-corrected chi connectivity index (χ3v) is 5.20. The Morgan fingerprint density at radius 3 is 3.11 bits per heavy atom. The van der Waals surface area contributed by atoms with E-state index in [0.29, 0.717) is 11.9 Å². The summed E-state index contributed by atoms with van der Waals surface area (Å²) in [6.07, 6.45) is 8.00. The summed E-state index contributed by atoms with van der Waals surface area (Å²) in [6, 6.07) is 4.62. The summed E-state index contributed by atoms with van der Waals surface area (Å²) >= 11 is 2.12. The van der Waals surface area contributed by atoms with Gasteiger partial charge in [0.25, 0.3) is 0 Å². The lowest BCUT2D eigenvalue weighted by Gasteiger charge is -2.31. The normalized spacial score (nSPS) is 21.2. The van der Waals surface area contributed by atoms with Crippen LogP contribution in [0.4, 0.5) is 5.82 Å². The first-order valence-corrected chi connectivity index (χ1v) is 8.40. The molecular formula is C15H25N3S. The molecule has 1 saturated heterocycles. The summed E-state index contributed by atoms with van der Waals surface area (Å²) in [5.74, 6) is 1.99. The number of nitrogen functional groups attached to an aromatic ring is 1. The van der Waals surface area contributed by atoms with Crippen molar-refractivity contribution in [3.05, 3.63) is 23.9 Å². The van der Waals surface area contributed by atoms with Crippen LogP contribution in [0.25, 0.3) is 0 Å². The Labute approximate surface area is 120 Å². The molecule has 1 aliphatic heterocycles. The van der Waals surface area contributed by atoms with E-state index in [1.807, 2.05) is 6.07 Å². The zero-order valence-electron chi connectivity index (χ0n) is 11.8. The second-order valence-corrected chi connectivity index (χ2v) is 6.56. The molecule has 19 heavy (non-hydrogen) atoms. The standard InChI is InChI=1S/C15H25N3S/c1-2-8-17-13(14-7-3-4-10-19-14)11-12-6-5-9-18-15(12)16/h5-6,9,13-14,17H,2-4,7-8,10-11H2,1H3,(H2,16,18). The Kier molecular flexibility index (Phi) is 5.98. The first kappa shape index (κ1) is 14.7. The molecule has 0 amide bonds.